The first-order valence-corrected chi connectivity index (χ1v) is 5.36. The Morgan fingerprint density at radius 1 is 1.21 bits per heavy atom. The number of hydrogen-bond acceptors (Lipinski definition) is 6. The van der Waals surface area contributed by atoms with Gasteiger partial charge in [0.15, 0.2) is 23.0 Å². The molecule has 0 saturated carbocycles. The third kappa shape index (κ3) is 2.71. The van der Waals surface area contributed by atoms with E-state index in [0.29, 0.717) is 11.5 Å². The lowest BCUT2D eigenvalue weighted by Crippen LogP contribution is -2.16. The topological polar surface area (TPSA) is 103 Å². The van der Waals surface area contributed by atoms with Crippen LogP contribution in [0.3, 0.4) is 0 Å². The van der Waals surface area contributed by atoms with Gasteiger partial charge in [0.1, 0.15) is 0 Å². The van der Waals surface area contributed by atoms with Gasteiger partial charge < -0.3 is 20.4 Å². The highest BCUT2D eigenvalue weighted by Gasteiger charge is 2.14. The van der Waals surface area contributed by atoms with Gasteiger partial charge in [-0.2, -0.15) is 0 Å². The molecule has 0 fully saturated rings. The normalized spacial score (nSPS) is 11.1. The van der Waals surface area contributed by atoms with Gasteiger partial charge in [-0.25, -0.2) is 9.97 Å². The Balaban J connectivity index is 2.39. The molecule has 1 heterocycles. The minimum Gasteiger partial charge on any atom is -0.493 e. The molecule has 0 aliphatic rings. The molecule has 7 heteroatoms. The maximum absolute atomic E-state index is 8.69. The summed E-state index contributed by atoms with van der Waals surface area (Å²) in [6.45, 7) is 0. The second-order valence-electron chi connectivity index (χ2n) is 3.45. The molecule has 0 aliphatic heterocycles. The van der Waals surface area contributed by atoms with Crippen molar-refractivity contribution in [1.29, 1.82) is 0 Å². The van der Waals surface area contributed by atoms with Crippen molar-refractivity contribution >= 4 is 5.84 Å². The van der Waals surface area contributed by atoms with Crippen molar-refractivity contribution in [2.24, 2.45) is 10.9 Å². The number of nitrogens with two attached hydrogens (primary N) is 1. The molecule has 2 rings (SSSR count). The van der Waals surface area contributed by atoms with E-state index in [0.717, 1.165) is 0 Å². The molecular weight excluding hydrogens is 248 g/mol. The van der Waals surface area contributed by atoms with E-state index in [1.165, 1.54) is 19.5 Å². The summed E-state index contributed by atoms with van der Waals surface area (Å²) < 4.78 is 10.7. The van der Waals surface area contributed by atoms with Gasteiger partial charge in [0.2, 0.25) is 5.88 Å². The molecule has 0 amide bonds. The summed E-state index contributed by atoms with van der Waals surface area (Å²) in [5.74, 6) is 0.941. The Hall–Kier alpha value is -2.83. The van der Waals surface area contributed by atoms with Crippen molar-refractivity contribution in [1.82, 2.24) is 9.97 Å². The average Bonchev–Trinajstić information content (AvgIpc) is 2.47. The van der Waals surface area contributed by atoms with Crippen LogP contribution in [0.1, 0.15) is 5.69 Å². The largest absolute Gasteiger partial charge is 0.493 e. The average molecular weight is 260 g/mol. The molecule has 0 aliphatic carbocycles. The van der Waals surface area contributed by atoms with Crippen molar-refractivity contribution in [2.45, 2.75) is 0 Å². The molecule has 0 radical (unpaired) electrons. The summed E-state index contributed by atoms with van der Waals surface area (Å²) in [6, 6.07) is 7.06. The van der Waals surface area contributed by atoms with Crippen LogP contribution in [-0.2, 0) is 0 Å². The van der Waals surface area contributed by atoms with Crippen molar-refractivity contribution in [3.05, 3.63) is 42.4 Å². The van der Waals surface area contributed by atoms with Crippen LogP contribution in [0.4, 0.5) is 0 Å². The van der Waals surface area contributed by atoms with E-state index in [4.69, 9.17) is 20.4 Å². The lowest BCUT2D eigenvalue weighted by molar-refractivity contribution is 0.318. The van der Waals surface area contributed by atoms with Crippen molar-refractivity contribution in [3.8, 4) is 17.4 Å². The van der Waals surface area contributed by atoms with Crippen molar-refractivity contribution in [2.75, 3.05) is 7.11 Å². The number of ether oxygens (including phenoxy) is 2. The van der Waals surface area contributed by atoms with Gasteiger partial charge in [-0.05, 0) is 12.1 Å². The molecule has 1 aromatic carbocycles. The molecule has 0 saturated heterocycles. The molecule has 98 valence electrons. The number of rotatable bonds is 4. The second-order valence-corrected chi connectivity index (χ2v) is 3.45. The molecule has 1 aromatic heterocycles. The minimum atomic E-state index is -0.182. The fraction of sp³-hybridized carbons (Fsp3) is 0.0833. The zero-order valence-electron chi connectivity index (χ0n) is 10.1. The monoisotopic (exact) mass is 260 g/mol. The Morgan fingerprint density at radius 3 is 2.58 bits per heavy atom. The van der Waals surface area contributed by atoms with E-state index in [1.54, 1.807) is 18.2 Å². The number of oxime groups is 1. The summed E-state index contributed by atoms with van der Waals surface area (Å²) in [4.78, 5) is 7.96. The number of amidine groups is 1. The first kappa shape index (κ1) is 12.6. The summed E-state index contributed by atoms with van der Waals surface area (Å²) in [6.07, 6.45) is 2.86. The van der Waals surface area contributed by atoms with Crippen LogP contribution in [0.2, 0.25) is 0 Å². The first-order valence-electron chi connectivity index (χ1n) is 5.36. The molecule has 19 heavy (non-hydrogen) atoms. The predicted molar refractivity (Wildman–Crippen MR) is 67.6 cm³/mol. The maximum Gasteiger partial charge on any atom is 0.249 e. The molecule has 2 aromatic rings. The van der Waals surface area contributed by atoms with E-state index < -0.39 is 0 Å². The molecule has 0 spiro atoms. The number of methoxy groups -OCH3 is 1. The number of hydrogen-bond donors (Lipinski definition) is 2. The van der Waals surface area contributed by atoms with E-state index in [1.807, 2.05) is 6.07 Å². The SMILES string of the molecule is COc1ccccc1Oc1nccnc1/C(N)=N/O. The zero-order chi connectivity index (χ0) is 13.7. The Kier molecular flexibility index (Phi) is 3.77. The van der Waals surface area contributed by atoms with Gasteiger partial charge >= 0.3 is 0 Å². The lowest BCUT2D eigenvalue weighted by atomic mass is 10.3. The van der Waals surface area contributed by atoms with E-state index in [2.05, 4.69) is 15.1 Å². The summed E-state index contributed by atoms with van der Waals surface area (Å²) >= 11 is 0. The predicted octanol–water partition coefficient (Wildman–Crippen LogP) is 1.37. The standard InChI is InChI=1S/C12H12N4O3/c1-18-8-4-2-3-5-9(8)19-12-10(11(13)16-17)14-6-7-15-12/h2-7,17H,1H3,(H2,13,16). The minimum absolute atomic E-state index is 0.127. The van der Waals surface area contributed by atoms with E-state index in [9.17, 15) is 0 Å². The van der Waals surface area contributed by atoms with Gasteiger partial charge in [0, 0.05) is 12.4 Å². The number of aromatic nitrogens is 2. The number of para-hydroxylation sites is 2. The summed E-state index contributed by atoms with van der Waals surface area (Å²) in [5, 5.41) is 11.6. The zero-order valence-corrected chi connectivity index (χ0v) is 10.1. The quantitative estimate of drug-likeness (QED) is 0.372. The van der Waals surface area contributed by atoms with Gasteiger partial charge in [-0.1, -0.05) is 17.3 Å². The highest BCUT2D eigenvalue weighted by Crippen LogP contribution is 2.30. The van der Waals surface area contributed by atoms with E-state index in [-0.39, 0.29) is 17.4 Å². The molecule has 3 N–H and O–H groups in total. The van der Waals surface area contributed by atoms with Crippen LogP contribution in [0.25, 0.3) is 0 Å². The Morgan fingerprint density at radius 2 is 1.89 bits per heavy atom. The van der Waals surface area contributed by atoms with Crippen LogP contribution in [0.15, 0.2) is 41.8 Å². The van der Waals surface area contributed by atoms with Crippen LogP contribution in [-0.4, -0.2) is 28.1 Å². The highest BCUT2D eigenvalue weighted by atomic mass is 16.5. The van der Waals surface area contributed by atoms with Gasteiger partial charge in [-0.3, -0.25) is 0 Å². The number of benzene rings is 1. The van der Waals surface area contributed by atoms with Crippen LogP contribution in [0.5, 0.6) is 17.4 Å². The smallest absolute Gasteiger partial charge is 0.249 e. The Labute approximate surface area is 109 Å². The molecule has 7 nitrogen and oxygen atoms in total. The fourth-order valence-electron chi connectivity index (χ4n) is 1.43. The fourth-order valence-corrected chi connectivity index (χ4v) is 1.43. The van der Waals surface area contributed by atoms with Gasteiger partial charge in [0.05, 0.1) is 7.11 Å². The maximum atomic E-state index is 8.69. The summed E-state index contributed by atoms with van der Waals surface area (Å²) in [7, 11) is 1.53. The molecule has 0 atom stereocenters. The van der Waals surface area contributed by atoms with Crippen molar-refractivity contribution < 1.29 is 14.7 Å². The third-order valence-corrected chi connectivity index (χ3v) is 2.29. The van der Waals surface area contributed by atoms with Gasteiger partial charge in [-0.15, -0.1) is 0 Å². The van der Waals surface area contributed by atoms with Crippen LogP contribution < -0.4 is 15.2 Å². The van der Waals surface area contributed by atoms with Crippen LogP contribution in [0, 0.1) is 0 Å². The number of nitrogens with zero attached hydrogens (tertiary/aromatic N) is 3. The van der Waals surface area contributed by atoms with Crippen LogP contribution >= 0.6 is 0 Å². The van der Waals surface area contributed by atoms with E-state index >= 15 is 0 Å². The highest BCUT2D eigenvalue weighted by molar-refractivity contribution is 5.97. The van der Waals surface area contributed by atoms with Crippen molar-refractivity contribution in [3.63, 3.8) is 0 Å². The molecule has 0 bridgehead atoms. The first-order chi connectivity index (χ1) is 9.26. The van der Waals surface area contributed by atoms with Gasteiger partial charge in [0.25, 0.3) is 0 Å². The second kappa shape index (κ2) is 5.67. The lowest BCUT2D eigenvalue weighted by Gasteiger charge is -2.10. The third-order valence-electron chi connectivity index (χ3n) is 2.29. The Bertz CT molecular complexity index is 601. The molecule has 0 unspecified atom stereocenters. The summed E-state index contributed by atoms with van der Waals surface area (Å²) in [5.41, 5.74) is 5.65. The molecular formula is C12H12N4O3.